The second kappa shape index (κ2) is 7.59. The second-order valence-electron chi connectivity index (χ2n) is 6.33. The van der Waals surface area contributed by atoms with Crippen LogP contribution < -0.4 is 5.32 Å². The van der Waals surface area contributed by atoms with Gasteiger partial charge in [0.1, 0.15) is 12.6 Å². The van der Waals surface area contributed by atoms with Gasteiger partial charge in [-0.05, 0) is 25.0 Å². The zero-order valence-corrected chi connectivity index (χ0v) is 13.4. The molecule has 1 atom stereocenters. The number of hydrogen-bond acceptors (Lipinski definition) is 4. The first kappa shape index (κ1) is 16.0. The molecule has 1 aromatic carbocycles. The Morgan fingerprint density at radius 1 is 1.17 bits per heavy atom. The Kier molecular flexibility index (Phi) is 5.28. The minimum absolute atomic E-state index is 0.138. The molecule has 0 unspecified atom stereocenters. The molecule has 3 rings (SSSR count). The molecule has 1 heterocycles. The van der Waals surface area contributed by atoms with Crippen LogP contribution in [-0.4, -0.2) is 42.0 Å². The summed E-state index contributed by atoms with van der Waals surface area (Å²) >= 11 is 0. The number of para-hydroxylation sites is 1. The lowest BCUT2D eigenvalue weighted by molar-refractivity contribution is -0.161. The molecule has 0 radical (unpaired) electrons. The Bertz CT molecular complexity index is 540. The molecule has 23 heavy (non-hydrogen) atoms. The summed E-state index contributed by atoms with van der Waals surface area (Å²) in [4.78, 5) is 26.7. The maximum Gasteiger partial charge on any atom is 0.323 e. The average Bonchev–Trinajstić information content (AvgIpc) is 2.58. The number of ether oxygens (including phenoxy) is 1. The molecule has 1 saturated heterocycles. The largest absolute Gasteiger partial charge is 0.463 e. The lowest BCUT2D eigenvalue weighted by atomic mass is 9.92. The van der Waals surface area contributed by atoms with E-state index >= 15 is 0 Å². The van der Waals surface area contributed by atoms with Crippen LogP contribution >= 0.6 is 0 Å². The number of rotatable bonds is 4. The molecule has 5 nitrogen and oxygen atoms in total. The number of esters is 1. The number of nitrogens with zero attached hydrogens (tertiary/aromatic N) is 1. The second-order valence-corrected chi connectivity index (χ2v) is 6.33. The Labute approximate surface area is 137 Å². The predicted octanol–water partition coefficient (Wildman–Crippen LogP) is 2.58. The molecule has 5 heteroatoms. The van der Waals surface area contributed by atoms with E-state index in [0.29, 0.717) is 12.6 Å². The minimum atomic E-state index is -0.449. The normalized spacial score (nSPS) is 23.3. The summed E-state index contributed by atoms with van der Waals surface area (Å²) in [5, 5.41) is 2.86. The minimum Gasteiger partial charge on any atom is -0.463 e. The fraction of sp³-hybridized carbons (Fsp3) is 0.556. The molecule has 0 bridgehead atoms. The highest BCUT2D eigenvalue weighted by atomic mass is 16.5. The van der Waals surface area contributed by atoms with Crippen molar-refractivity contribution in [2.75, 3.05) is 18.5 Å². The fourth-order valence-corrected chi connectivity index (χ4v) is 3.60. The van der Waals surface area contributed by atoms with E-state index < -0.39 is 6.04 Å². The first-order chi connectivity index (χ1) is 11.2. The number of anilines is 1. The lowest BCUT2D eigenvalue weighted by Gasteiger charge is -2.41. The Morgan fingerprint density at radius 3 is 2.65 bits per heavy atom. The maximum atomic E-state index is 12.3. The SMILES string of the molecule is O=C(C[C@H]1C(=O)OCCN1C1CCCCC1)Nc1ccccc1. The van der Waals surface area contributed by atoms with E-state index in [1.807, 2.05) is 30.3 Å². The van der Waals surface area contributed by atoms with E-state index in [4.69, 9.17) is 4.74 Å². The molecule has 2 fully saturated rings. The van der Waals surface area contributed by atoms with E-state index in [-0.39, 0.29) is 18.3 Å². The van der Waals surface area contributed by atoms with Crippen molar-refractivity contribution in [1.82, 2.24) is 4.90 Å². The van der Waals surface area contributed by atoms with Gasteiger partial charge in [-0.1, -0.05) is 37.5 Å². The highest BCUT2D eigenvalue weighted by Gasteiger charge is 2.37. The van der Waals surface area contributed by atoms with Crippen LogP contribution in [0, 0.1) is 0 Å². The molecule has 1 aromatic rings. The van der Waals surface area contributed by atoms with Crippen LogP contribution in [0.5, 0.6) is 0 Å². The Balaban J connectivity index is 1.64. The average molecular weight is 316 g/mol. The Morgan fingerprint density at radius 2 is 1.91 bits per heavy atom. The van der Waals surface area contributed by atoms with Crippen LogP contribution in [-0.2, 0) is 14.3 Å². The van der Waals surface area contributed by atoms with Crippen LogP contribution in [0.4, 0.5) is 5.69 Å². The van der Waals surface area contributed by atoms with Crippen molar-refractivity contribution >= 4 is 17.6 Å². The topological polar surface area (TPSA) is 58.6 Å². The van der Waals surface area contributed by atoms with Gasteiger partial charge in [0.05, 0.1) is 6.42 Å². The number of carbonyl (C=O) groups is 2. The van der Waals surface area contributed by atoms with Crippen LogP contribution in [0.15, 0.2) is 30.3 Å². The van der Waals surface area contributed by atoms with Crippen LogP contribution in [0.1, 0.15) is 38.5 Å². The van der Waals surface area contributed by atoms with E-state index in [9.17, 15) is 9.59 Å². The molecular formula is C18H24N2O3. The van der Waals surface area contributed by atoms with Gasteiger partial charge in [-0.25, -0.2) is 0 Å². The lowest BCUT2D eigenvalue weighted by Crippen LogP contribution is -2.54. The standard InChI is InChI=1S/C18H24N2O3/c21-17(19-14-7-3-1-4-8-14)13-16-18(22)23-12-11-20(16)15-9-5-2-6-10-15/h1,3-4,7-8,15-16H,2,5-6,9-13H2,(H,19,21)/t16-/m0/s1. The summed E-state index contributed by atoms with van der Waals surface area (Å²) in [5.41, 5.74) is 0.755. The van der Waals surface area contributed by atoms with Crippen LogP contribution in [0.2, 0.25) is 0 Å². The molecule has 2 aliphatic rings. The molecule has 1 aliphatic carbocycles. The van der Waals surface area contributed by atoms with Crippen molar-refractivity contribution in [2.24, 2.45) is 0 Å². The zero-order valence-electron chi connectivity index (χ0n) is 13.4. The first-order valence-electron chi connectivity index (χ1n) is 8.51. The van der Waals surface area contributed by atoms with Gasteiger partial charge in [-0.15, -0.1) is 0 Å². The fourth-order valence-electron chi connectivity index (χ4n) is 3.60. The number of hydrogen-bond donors (Lipinski definition) is 1. The van der Waals surface area contributed by atoms with E-state index in [2.05, 4.69) is 10.2 Å². The number of cyclic esters (lactones) is 1. The molecule has 0 aromatic heterocycles. The molecule has 0 spiro atoms. The van der Waals surface area contributed by atoms with Gasteiger partial charge in [0.25, 0.3) is 0 Å². The summed E-state index contributed by atoms with van der Waals surface area (Å²) < 4.78 is 5.20. The third-order valence-electron chi connectivity index (χ3n) is 4.75. The smallest absolute Gasteiger partial charge is 0.323 e. The number of nitrogens with one attached hydrogen (secondary N) is 1. The molecule has 1 saturated carbocycles. The van der Waals surface area contributed by atoms with Crippen LogP contribution in [0.3, 0.4) is 0 Å². The van der Waals surface area contributed by atoms with E-state index in [1.165, 1.54) is 19.3 Å². The highest BCUT2D eigenvalue weighted by Crippen LogP contribution is 2.27. The molecule has 1 aliphatic heterocycles. The molecule has 124 valence electrons. The van der Waals surface area contributed by atoms with Crippen molar-refractivity contribution < 1.29 is 14.3 Å². The van der Waals surface area contributed by atoms with Crippen molar-refractivity contribution in [3.63, 3.8) is 0 Å². The van der Waals surface area contributed by atoms with E-state index in [1.54, 1.807) is 0 Å². The maximum absolute atomic E-state index is 12.3. The van der Waals surface area contributed by atoms with Gasteiger partial charge < -0.3 is 10.1 Å². The predicted molar refractivity (Wildman–Crippen MR) is 88.0 cm³/mol. The van der Waals surface area contributed by atoms with Crippen molar-refractivity contribution in [1.29, 1.82) is 0 Å². The van der Waals surface area contributed by atoms with Gasteiger partial charge in [0, 0.05) is 18.3 Å². The summed E-state index contributed by atoms with van der Waals surface area (Å²) in [6, 6.07) is 9.30. The van der Waals surface area contributed by atoms with Crippen molar-refractivity contribution in [3.05, 3.63) is 30.3 Å². The summed E-state index contributed by atoms with van der Waals surface area (Å²) in [5.74, 6) is -0.397. The number of morpholine rings is 1. The number of benzene rings is 1. The zero-order chi connectivity index (χ0) is 16.1. The Hall–Kier alpha value is -1.88. The van der Waals surface area contributed by atoms with Gasteiger partial charge in [0.15, 0.2) is 0 Å². The summed E-state index contributed by atoms with van der Waals surface area (Å²) in [6.45, 7) is 1.17. The number of amides is 1. The van der Waals surface area contributed by atoms with Crippen molar-refractivity contribution in [3.8, 4) is 0 Å². The highest BCUT2D eigenvalue weighted by molar-refractivity contribution is 5.94. The first-order valence-corrected chi connectivity index (χ1v) is 8.51. The van der Waals surface area contributed by atoms with Gasteiger partial charge in [-0.2, -0.15) is 0 Å². The van der Waals surface area contributed by atoms with E-state index in [0.717, 1.165) is 25.1 Å². The van der Waals surface area contributed by atoms with Crippen LogP contribution in [0.25, 0.3) is 0 Å². The summed E-state index contributed by atoms with van der Waals surface area (Å²) in [6.07, 6.45) is 6.07. The molecule has 1 amide bonds. The van der Waals surface area contributed by atoms with Crippen molar-refractivity contribution in [2.45, 2.75) is 50.6 Å². The summed E-state index contributed by atoms with van der Waals surface area (Å²) in [7, 11) is 0. The van der Waals surface area contributed by atoms with Gasteiger partial charge in [-0.3, -0.25) is 14.5 Å². The quantitative estimate of drug-likeness (QED) is 0.867. The molecule has 1 N–H and O–H groups in total. The number of carbonyl (C=O) groups excluding carboxylic acids is 2. The van der Waals surface area contributed by atoms with Gasteiger partial charge in [0.2, 0.25) is 5.91 Å². The monoisotopic (exact) mass is 316 g/mol. The molecular weight excluding hydrogens is 292 g/mol. The third kappa shape index (κ3) is 4.10. The third-order valence-corrected chi connectivity index (χ3v) is 4.75. The van der Waals surface area contributed by atoms with Gasteiger partial charge >= 0.3 is 5.97 Å².